The molecule has 1 aromatic carbocycles. The minimum atomic E-state index is -0.189. The van der Waals surface area contributed by atoms with Gasteiger partial charge in [-0.2, -0.15) is 0 Å². The minimum Gasteiger partial charge on any atom is -0.337 e. The zero-order chi connectivity index (χ0) is 15.2. The number of rotatable bonds is 4. The Hall–Kier alpha value is -2.43. The monoisotopic (exact) mass is 285 g/mol. The molecule has 0 fully saturated rings. The summed E-state index contributed by atoms with van der Waals surface area (Å²) >= 11 is 0. The zero-order valence-corrected chi connectivity index (χ0v) is 12.3. The number of hydrogen-bond acceptors (Lipinski definition) is 3. The first-order valence-electron chi connectivity index (χ1n) is 7.18. The van der Waals surface area contributed by atoms with Gasteiger partial charge in [0.1, 0.15) is 0 Å². The largest absolute Gasteiger partial charge is 0.337 e. The van der Waals surface area contributed by atoms with Crippen molar-refractivity contribution in [3.63, 3.8) is 0 Å². The Morgan fingerprint density at radius 1 is 1.00 bits per heavy atom. The van der Waals surface area contributed by atoms with Gasteiger partial charge < -0.3 is 4.57 Å². The lowest BCUT2D eigenvalue weighted by molar-refractivity contribution is 0.0651. The number of benzene rings is 1. The van der Waals surface area contributed by atoms with Gasteiger partial charge in [0.2, 0.25) is 0 Å². The molecule has 21 heavy (non-hydrogen) atoms. The molecule has 2 heterocycles. The highest BCUT2D eigenvalue weighted by atomic mass is 16.2. The van der Waals surface area contributed by atoms with E-state index >= 15 is 0 Å². The van der Waals surface area contributed by atoms with E-state index in [2.05, 4.69) is 4.98 Å². The van der Waals surface area contributed by atoms with Gasteiger partial charge in [0, 0.05) is 25.5 Å². The Morgan fingerprint density at radius 2 is 1.62 bits per heavy atom. The fourth-order valence-corrected chi connectivity index (χ4v) is 2.27. The molecule has 2 aromatic rings. The van der Waals surface area contributed by atoms with Crippen LogP contribution in [-0.2, 0) is 6.54 Å². The van der Waals surface area contributed by atoms with E-state index in [4.69, 9.17) is 0 Å². The van der Waals surface area contributed by atoms with E-state index < -0.39 is 0 Å². The van der Waals surface area contributed by atoms with Crippen molar-refractivity contribution < 1.29 is 9.59 Å². The number of imide groups is 1. The van der Waals surface area contributed by atoms with E-state index in [1.165, 1.54) is 4.90 Å². The molecular weight excluding hydrogens is 266 g/mol. The van der Waals surface area contributed by atoms with Crippen LogP contribution in [0.4, 0.5) is 0 Å². The van der Waals surface area contributed by atoms with Gasteiger partial charge in [0.05, 0.1) is 17.5 Å². The van der Waals surface area contributed by atoms with Gasteiger partial charge in [-0.3, -0.25) is 14.5 Å². The van der Waals surface area contributed by atoms with Crippen LogP contribution < -0.4 is 0 Å². The van der Waals surface area contributed by atoms with Crippen LogP contribution in [0.25, 0.3) is 0 Å². The van der Waals surface area contributed by atoms with Crippen LogP contribution in [0.3, 0.4) is 0 Å². The van der Waals surface area contributed by atoms with Gasteiger partial charge in [-0.15, -0.1) is 0 Å². The molecule has 1 aliphatic heterocycles. The van der Waals surface area contributed by atoms with E-state index in [1.54, 1.807) is 36.8 Å². The number of aryl methyl sites for hydroxylation is 1. The second kappa shape index (κ2) is 6.83. The van der Waals surface area contributed by atoms with Crippen molar-refractivity contribution in [1.82, 2.24) is 14.5 Å². The smallest absolute Gasteiger partial charge is 0.261 e. The molecule has 5 heteroatoms. The van der Waals surface area contributed by atoms with Crippen LogP contribution in [0.15, 0.2) is 43.0 Å². The third-order valence-corrected chi connectivity index (χ3v) is 3.24. The van der Waals surface area contributed by atoms with Gasteiger partial charge in [0.15, 0.2) is 0 Å². The molecule has 0 spiro atoms. The molecule has 3 rings (SSSR count). The Labute approximate surface area is 124 Å². The number of imidazole rings is 1. The zero-order valence-electron chi connectivity index (χ0n) is 12.3. The lowest BCUT2D eigenvalue weighted by Gasteiger charge is -2.13. The maximum absolute atomic E-state index is 12.1. The number of amides is 2. The molecule has 1 aromatic heterocycles. The van der Waals surface area contributed by atoms with Gasteiger partial charge in [0.25, 0.3) is 11.8 Å². The third-order valence-electron chi connectivity index (χ3n) is 3.24. The number of carbonyl (C=O) groups is 2. The van der Waals surface area contributed by atoms with Crippen LogP contribution in [0.1, 0.15) is 41.0 Å². The second-order valence-corrected chi connectivity index (χ2v) is 4.46. The van der Waals surface area contributed by atoms with Crippen LogP contribution in [0, 0.1) is 0 Å². The summed E-state index contributed by atoms with van der Waals surface area (Å²) in [5.74, 6) is -0.377. The molecule has 0 bridgehead atoms. The molecular formula is C16H19N3O2. The summed E-state index contributed by atoms with van der Waals surface area (Å²) < 4.78 is 1.93. The molecule has 0 saturated heterocycles. The number of hydrogen-bond donors (Lipinski definition) is 0. The van der Waals surface area contributed by atoms with Crippen molar-refractivity contribution >= 4 is 11.8 Å². The highest BCUT2D eigenvalue weighted by Crippen LogP contribution is 2.22. The Balaban J connectivity index is 0.000000774. The maximum atomic E-state index is 12.1. The second-order valence-electron chi connectivity index (χ2n) is 4.46. The van der Waals surface area contributed by atoms with Crippen molar-refractivity contribution in [3.8, 4) is 0 Å². The van der Waals surface area contributed by atoms with E-state index in [0.717, 1.165) is 13.0 Å². The van der Waals surface area contributed by atoms with E-state index in [9.17, 15) is 9.59 Å². The van der Waals surface area contributed by atoms with Crippen LogP contribution >= 0.6 is 0 Å². The van der Waals surface area contributed by atoms with Gasteiger partial charge in [-0.05, 0) is 18.6 Å². The molecule has 2 amide bonds. The van der Waals surface area contributed by atoms with Crippen molar-refractivity contribution in [2.75, 3.05) is 6.54 Å². The number of nitrogens with zero attached hydrogens (tertiary/aromatic N) is 3. The summed E-state index contributed by atoms with van der Waals surface area (Å²) in [5, 5.41) is 0. The van der Waals surface area contributed by atoms with Crippen LogP contribution in [0.5, 0.6) is 0 Å². The lowest BCUT2D eigenvalue weighted by Crippen LogP contribution is -2.31. The van der Waals surface area contributed by atoms with Crippen molar-refractivity contribution in [1.29, 1.82) is 0 Å². The Bertz CT molecular complexity index is 585. The van der Waals surface area contributed by atoms with E-state index in [0.29, 0.717) is 17.7 Å². The Morgan fingerprint density at radius 3 is 2.14 bits per heavy atom. The fraction of sp³-hybridized carbons (Fsp3) is 0.312. The van der Waals surface area contributed by atoms with Gasteiger partial charge >= 0.3 is 0 Å². The van der Waals surface area contributed by atoms with Crippen LogP contribution in [-0.4, -0.2) is 32.8 Å². The first-order chi connectivity index (χ1) is 10.3. The summed E-state index contributed by atoms with van der Waals surface area (Å²) in [6.45, 7) is 5.18. The molecule has 1 aliphatic rings. The summed E-state index contributed by atoms with van der Waals surface area (Å²) in [6.07, 6.45) is 6.02. The standard InChI is InChI=1S/C14H13N3O2.C2H6/c18-13-11-4-1-2-5-12(11)14(19)17(13)8-3-7-16-9-6-15-10-16;1-2/h1-2,4-6,9-10H,3,7-8H2;1-2H3. The van der Waals surface area contributed by atoms with Crippen molar-refractivity contribution in [3.05, 3.63) is 54.1 Å². The van der Waals surface area contributed by atoms with E-state index in [-0.39, 0.29) is 11.8 Å². The fourth-order valence-electron chi connectivity index (χ4n) is 2.27. The van der Waals surface area contributed by atoms with Crippen molar-refractivity contribution in [2.24, 2.45) is 0 Å². The Kier molecular flexibility index (Phi) is 4.87. The molecule has 0 saturated carbocycles. The summed E-state index contributed by atoms with van der Waals surface area (Å²) in [6, 6.07) is 6.95. The quantitative estimate of drug-likeness (QED) is 0.811. The number of aromatic nitrogens is 2. The molecule has 0 unspecified atom stereocenters. The molecule has 0 radical (unpaired) electrons. The van der Waals surface area contributed by atoms with Gasteiger partial charge in [-0.25, -0.2) is 4.98 Å². The minimum absolute atomic E-state index is 0.189. The molecule has 0 atom stereocenters. The summed E-state index contributed by atoms with van der Waals surface area (Å²) in [4.78, 5) is 29.4. The van der Waals surface area contributed by atoms with Crippen LogP contribution in [0.2, 0.25) is 0 Å². The molecule has 0 N–H and O–H groups in total. The predicted molar refractivity (Wildman–Crippen MR) is 80.0 cm³/mol. The average molecular weight is 285 g/mol. The topological polar surface area (TPSA) is 55.2 Å². The predicted octanol–water partition coefficient (Wildman–Crippen LogP) is 2.60. The molecule has 110 valence electrons. The maximum Gasteiger partial charge on any atom is 0.261 e. The third kappa shape index (κ3) is 3.02. The molecule has 5 nitrogen and oxygen atoms in total. The summed E-state index contributed by atoms with van der Waals surface area (Å²) in [7, 11) is 0. The average Bonchev–Trinajstić information content (AvgIpc) is 3.13. The van der Waals surface area contributed by atoms with Crippen molar-refractivity contribution in [2.45, 2.75) is 26.8 Å². The normalized spacial score (nSPS) is 13.0. The lowest BCUT2D eigenvalue weighted by atomic mass is 10.1. The first kappa shape index (κ1) is 15.0. The summed E-state index contributed by atoms with van der Waals surface area (Å²) in [5.41, 5.74) is 1.02. The number of carbonyl (C=O) groups excluding carboxylic acids is 2. The van der Waals surface area contributed by atoms with Gasteiger partial charge in [-0.1, -0.05) is 26.0 Å². The number of fused-ring (bicyclic) bond motifs is 1. The molecule has 0 aliphatic carbocycles. The highest BCUT2D eigenvalue weighted by molar-refractivity contribution is 6.21. The highest BCUT2D eigenvalue weighted by Gasteiger charge is 2.34. The SMILES string of the molecule is CC.O=C1c2ccccc2C(=O)N1CCCn1ccnc1. The first-order valence-corrected chi connectivity index (χ1v) is 7.18. The van der Waals surface area contributed by atoms with E-state index in [1.807, 2.05) is 24.6 Å².